The Morgan fingerprint density at radius 3 is 2.68 bits per heavy atom. The Morgan fingerprint density at radius 2 is 2.05 bits per heavy atom. The topological polar surface area (TPSA) is 112 Å². The SMILES string of the molecule is NC(=O)c1ccccc1/N=C/c1ccc([N+](=O)[O-])o1. The molecule has 0 bridgehead atoms. The van der Waals surface area contributed by atoms with E-state index in [4.69, 9.17) is 10.2 Å². The van der Waals surface area contributed by atoms with Crippen LogP contribution in [-0.2, 0) is 0 Å². The summed E-state index contributed by atoms with van der Waals surface area (Å²) in [5.41, 5.74) is 5.83. The van der Waals surface area contributed by atoms with Crippen molar-refractivity contribution in [2.45, 2.75) is 0 Å². The van der Waals surface area contributed by atoms with Crippen LogP contribution in [0.5, 0.6) is 0 Å². The van der Waals surface area contributed by atoms with E-state index in [0.717, 1.165) is 0 Å². The second kappa shape index (κ2) is 5.13. The second-order valence-corrected chi connectivity index (χ2v) is 3.57. The monoisotopic (exact) mass is 259 g/mol. The molecule has 0 spiro atoms. The van der Waals surface area contributed by atoms with Gasteiger partial charge in [0.15, 0.2) is 5.76 Å². The van der Waals surface area contributed by atoms with Gasteiger partial charge in [0.05, 0.1) is 23.5 Å². The lowest BCUT2D eigenvalue weighted by molar-refractivity contribution is -0.402. The number of aliphatic imine (C=N–C) groups is 1. The molecule has 2 aromatic rings. The molecule has 1 aromatic carbocycles. The molecule has 0 saturated carbocycles. The van der Waals surface area contributed by atoms with E-state index in [0.29, 0.717) is 5.69 Å². The average Bonchev–Trinajstić information content (AvgIpc) is 2.85. The predicted octanol–water partition coefficient (Wildman–Crippen LogP) is 2.04. The molecule has 0 aliphatic heterocycles. The lowest BCUT2D eigenvalue weighted by Crippen LogP contribution is -2.10. The zero-order valence-corrected chi connectivity index (χ0v) is 9.65. The summed E-state index contributed by atoms with van der Waals surface area (Å²) in [6.45, 7) is 0. The first-order valence-corrected chi connectivity index (χ1v) is 5.25. The number of nitrogens with zero attached hydrogens (tertiary/aromatic N) is 2. The third-order valence-electron chi connectivity index (χ3n) is 2.29. The van der Waals surface area contributed by atoms with E-state index < -0.39 is 10.8 Å². The van der Waals surface area contributed by atoms with E-state index in [1.54, 1.807) is 24.3 Å². The van der Waals surface area contributed by atoms with Crippen molar-refractivity contribution >= 4 is 23.7 Å². The van der Waals surface area contributed by atoms with Crippen LogP contribution in [0, 0.1) is 10.1 Å². The first-order chi connectivity index (χ1) is 9.08. The highest BCUT2D eigenvalue weighted by molar-refractivity contribution is 5.98. The van der Waals surface area contributed by atoms with E-state index in [9.17, 15) is 14.9 Å². The summed E-state index contributed by atoms with van der Waals surface area (Å²) in [7, 11) is 0. The number of carbonyl (C=O) groups excluding carboxylic acids is 1. The van der Waals surface area contributed by atoms with Crippen LogP contribution in [0.3, 0.4) is 0 Å². The number of furan rings is 1. The van der Waals surface area contributed by atoms with E-state index in [-0.39, 0.29) is 17.2 Å². The van der Waals surface area contributed by atoms with Crippen molar-refractivity contribution in [3.63, 3.8) is 0 Å². The van der Waals surface area contributed by atoms with Gasteiger partial charge in [-0.3, -0.25) is 19.9 Å². The highest BCUT2D eigenvalue weighted by Crippen LogP contribution is 2.19. The van der Waals surface area contributed by atoms with Crippen LogP contribution in [0.2, 0.25) is 0 Å². The fourth-order valence-corrected chi connectivity index (χ4v) is 1.44. The van der Waals surface area contributed by atoms with Crippen LogP contribution in [-0.4, -0.2) is 17.0 Å². The molecule has 0 fully saturated rings. The van der Waals surface area contributed by atoms with Crippen molar-refractivity contribution in [2.24, 2.45) is 10.7 Å². The summed E-state index contributed by atoms with van der Waals surface area (Å²) in [4.78, 5) is 25.0. The van der Waals surface area contributed by atoms with Crippen molar-refractivity contribution in [3.05, 3.63) is 57.8 Å². The minimum atomic E-state index is -0.644. The molecule has 96 valence electrons. The standard InChI is InChI=1S/C12H9N3O4/c13-12(16)9-3-1-2-4-10(9)14-7-8-5-6-11(19-8)15(17)18/h1-7H,(H2,13,16)/b14-7+. The maximum atomic E-state index is 11.2. The number of nitrogens with two attached hydrogens (primary N) is 1. The van der Waals surface area contributed by atoms with Crippen molar-refractivity contribution in [1.29, 1.82) is 0 Å². The van der Waals surface area contributed by atoms with Gasteiger partial charge in [-0.1, -0.05) is 12.1 Å². The van der Waals surface area contributed by atoms with Gasteiger partial charge in [-0.05, 0) is 18.2 Å². The number of primary amides is 1. The van der Waals surface area contributed by atoms with E-state index in [1.165, 1.54) is 18.3 Å². The van der Waals surface area contributed by atoms with Crippen LogP contribution in [0.4, 0.5) is 11.6 Å². The van der Waals surface area contributed by atoms with E-state index >= 15 is 0 Å². The van der Waals surface area contributed by atoms with Crippen molar-refractivity contribution in [3.8, 4) is 0 Å². The molecular formula is C12H9N3O4. The number of nitro groups is 1. The van der Waals surface area contributed by atoms with Crippen LogP contribution >= 0.6 is 0 Å². The molecule has 0 aliphatic carbocycles. The molecule has 0 atom stereocenters. The summed E-state index contributed by atoms with van der Waals surface area (Å²) in [5, 5.41) is 10.4. The maximum Gasteiger partial charge on any atom is 0.433 e. The summed E-state index contributed by atoms with van der Waals surface area (Å²) < 4.78 is 4.90. The molecular weight excluding hydrogens is 250 g/mol. The molecule has 0 radical (unpaired) electrons. The van der Waals surface area contributed by atoms with E-state index in [1.807, 2.05) is 0 Å². The summed E-state index contributed by atoms with van der Waals surface area (Å²) >= 11 is 0. The summed E-state index contributed by atoms with van der Waals surface area (Å²) in [6, 6.07) is 9.14. The first kappa shape index (κ1) is 12.5. The maximum absolute atomic E-state index is 11.2. The van der Waals surface area contributed by atoms with Gasteiger partial charge < -0.3 is 10.2 Å². The molecule has 0 saturated heterocycles. The van der Waals surface area contributed by atoms with E-state index in [2.05, 4.69) is 4.99 Å². The first-order valence-electron chi connectivity index (χ1n) is 5.25. The quantitative estimate of drug-likeness (QED) is 0.514. The molecule has 0 aliphatic rings. The molecule has 2 N–H and O–H groups in total. The molecule has 7 nitrogen and oxygen atoms in total. The molecule has 0 unspecified atom stereocenters. The fraction of sp³-hybridized carbons (Fsp3) is 0. The van der Waals surface area contributed by atoms with Crippen LogP contribution in [0.15, 0.2) is 45.8 Å². The Kier molecular flexibility index (Phi) is 3.37. The van der Waals surface area contributed by atoms with Gasteiger partial charge in [0.25, 0.3) is 5.91 Å². The number of carbonyl (C=O) groups is 1. The Morgan fingerprint density at radius 1 is 1.32 bits per heavy atom. The number of amides is 1. The van der Waals surface area contributed by atoms with Gasteiger partial charge in [-0.25, -0.2) is 0 Å². The predicted molar refractivity (Wildman–Crippen MR) is 67.6 cm³/mol. The van der Waals surface area contributed by atoms with Crippen molar-refractivity contribution in [2.75, 3.05) is 0 Å². The summed E-state index contributed by atoms with van der Waals surface area (Å²) in [6.07, 6.45) is 1.29. The Bertz CT molecular complexity index is 660. The summed E-state index contributed by atoms with van der Waals surface area (Å²) in [5.74, 6) is -0.756. The molecule has 1 aromatic heterocycles. The lowest BCUT2D eigenvalue weighted by atomic mass is 10.2. The molecule has 1 heterocycles. The van der Waals surface area contributed by atoms with Crippen molar-refractivity contribution < 1.29 is 14.1 Å². The van der Waals surface area contributed by atoms with Gasteiger partial charge in [0, 0.05) is 0 Å². The van der Waals surface area contributed by atoms with Crippen LogP contribution in [0.25, 0.3) is 0 Å². The highest BCUT2D eigenvalue weighted by atomic mass is 16.6. The highest BCUT2D eigenvalue weighted by Gasteiger charge is 2.10. The normalized spacial score (nSPS) is 10.7. The zero-order chi connectivity index (χ0) is 13.8. The number of para-hydroxylation sites is 1. The third-order valence-corrected chi connectivity index (χ3v) is 2.29. The molecule has 1 amide bonds. The smallest absolute Gasteiger partial charge is 0.400 e. The Balaban J connectivity index is 2.27. The third kappa shape index (κ3) is 2.83. The molecule has 7 heteroatoms. The minimum absolute atomic E-state index is 0.214. The number of benzene rings is 1. The Hall–Kier alpha value is -2.96. The van der Waals surface area contributed by atoms with Gasteiger partial charge in [-0.15, -0.1) is 0 Å². The molecule has 2 rings (SSSR count). The van der Waals surface area contributed by atoms with Crippen LogP contribution < -0.4 is 5.73 Å². The largest absolute Gasteiger partial charge is 0.433 e. The average molecular weight is 259 g/mol. The van der Waals surface area contributed by atoms with Gasteiger partial charge >= 0.3 is 5.88 Å². The number of hydrogen-bond donors (Lipinski definition) is 1. The number of rotatable bonds is 4. The number of hydrogen-bond acceptors (Lipinski definition) is 5. The second-order valence-electron chi connectivity index (χ2n) is 3.57. The van der Waals surface area contributed by atoms with Crippen molar-refractivity contribution in [1.82, 2.24) is 0 Å². The Labute approximate surface area is 107 Å². The zero-order valence-electron chi connectivity index (χ0n) is 9.65. The van der Waals surface area contributed by atoms with Gasteiger partial charge in [0.1, 0.15) is 4.92 Å². The lowest BCUT2D eigenvalue weighted by Gasteiger charge is -1.99. The fourth-order valence-electron chi connectivity index (χ4n) is 1.44. The van der Waals surface area contributed by atoms with Gasteiger partial charge in [0.2, 0.25) is 0 Å². The minimum Gasteiger partial charge on any atom is -0.400 e. The molecule has 19 heavy (non-hydrogen) atoms. The van der Waals surface area contributed by atoms with Gasteiger partial charge in [-0.2, -0.15) is 0 Å². The van der Waals surface area contributed by atoms with Crippen LogP contribution in [0.1, 0.15) is 16.1 Å².